The zero-order valence-electron chi connectivity index (χ0n) is 14.9. The monoisotopic (exact) mass is 360 g/mol. The smallest absolute Gasteiger partial charge is 0.220 e. The number of piperidine rings is 1. The van der Waals surface area contributed by atoms with E-state index in [9.17, 15) is 4.79 Å². The molecule has 2 saturated carbocycles. The molecular formula is C21H29ClN2O. The zero-order valence-corrected chi connectivity index (χ0v) is 15.7. The Bertz CT molecular complexity index is 594. The van der Waals surface area contributed by atoms with Crippen molar-refractivity contribution in [3.8, 4) is 0 Å². The third kappa shape index (κ3) is 4.38. The van der Waals surface area contributed by atoms with Crippen LogP contribution in [0.1, 0.15) is 50.5 Å². The maximum atomic E-state index is 12.4. The fourth-order valence-electron chi connectivity index (χ4n) is 5.23. The highest BCUT2D eigenvalue weighted by atomic mass is 35.5. The molecule has 0 radical (unpaired) electrons. The number of hydrogen-bond donors (Lipinski definition) is 1. The van der Waals surface area contributed by atoms with Gasteiger partial charge in [0.05, 0.1) is 0 Å². The van der Waals surface area contributed by atoms with Gasteiger partial charge < -0.3 is 5.32 Å². The van der Waals surface area contributed by atoms with E-state index in [1.165, 1.54) is 31.2 Å². The lowest BCUT2D eigenvalue weighted by Gasteiger charge is -2.33. The maximum absolute atomic E-state index is 12.4. The van der Waals surface area contributed by atoms with Gasteiger partial charge in [0.2, 0.25) is 5.91 Å². The van der Waals surface area contributed by atoms with Crippen LogP contribution in [0.4, 0.5) is 0 Å². The third-order valence-electron chi connectivity index (χ3n) is 6.60. The summed E-state index contributed by atoms with van der Waals surface area (Å²) in [5.41, 5.74) is 1.31. The van der Waals surface area contributed by atoms with Gasteiger partial charge in [0.1, 0.15) is 0 Å². The first-order valence-electron chi connectivity index (χ1n) is 9.92. The first-order chi connectivity index (χ1) is 12.2. The van der Waals surface area contributed by atoms with Crippen LogP contribution in [0.15, 0.2) is 24.3 Å². The molecule has 25 heavy (non-hydrogen) atoms. The molecule has 0 spiro atoms. The van der Waals surface area contributed by atoms with E-state index in [0.29, 0.717) is 17.9 Å². The van der Waals surface area contributed by atoms with E-state index in [2.05, 4.69) is 22.3 Å². The van der Waals surface area contributed by atoms with Crippen LogP contribution in [0, 0.1) is 17.8 Å². The van der Waals surface area contributed by atoms with Gasteiger partial charge in [-0.15, -0.1) is 0 Å². The summed E-state index contributed by atoms with van der Waals surface area (Å²) in [6.45, 7) is 3.09. The minimum Gasteiger partial charge on any atom is -0.353 e. The summed E-state index contributed by atoms with van der Waals surface area (Å²) < 4.78 is 0. The quantitative estimate of drug-likeness (QED) is 0.851. The Labute approximate surface area is 156 Å². The molecule has 3 aliphatic rings. The van der Waals surface area contributed by atoms with Gasteiger partial charge in [-0.25, -0.2) is 0 Å². The molecule has 2 bridgehead atoms. The molecule has 3 fully saturated rings. The second kappa shape index (κ2) is 7.67. The van der Waals surface area contributed by atoms with Crippen molar-refractivity contribution in [3.63, 3.8) is 0 Å². The molecule has 4 heteroatoms. The van der Waals surface area contributed by atoms with Crippen LogP contribution in [0.2, 0.25) is 5.02 Å². The summed E-state index contributed by atoms with van der Waals surface area (Å²) in [7, 11) is 0. The summed E-state index contributed by atoms with van der Waals surface area (Å²) in [4.78, 5) is 14.9. The van der Waals surface area contributed by atoms with E-state index in [1.807, 2.05) is 12.1 Å². The number of rotatable bonds is 5. The van der Waals surface area contributed by atoms with Crippen molar-refractivity contribution in [2.24, 2.45) is 17.8 Å². The predicted octanol–water partition coefficient (Wildman–Crippen LogP) is 4.25. The number of fused-ring (bicyclic) bond motifs is 2. The summed E-state index contributed by atoms with van der Waals surface area (Å²) in [5.74, 6) is 2.74. The molecule has 1 heterocycles. The Hall–Kier alpha value is -1.06. The number of carbonyl (C=O) groups is 1. The van der Waals surface area contributed by atoms with Crippen molar-refractivity contribution >= 4 is 17.5 Å². The Kier molecular flexibility index (Phi) is 5.33. The molecule has 2 aliphatic carbocycles. The van der Waals surface area contributed by atoms with Crippen LogP contribution in [0.25, 0.3) is 0 Å². The lowest BCUT2D eigenvalue weighted by molar-refractivity contribution is -0.123. The van der Waals surface area contributed by atoms with Gasteiger partial charge in [0, 0.05) is 37.1 Å². The standard InChI is InChI=1S/C21H29ClN2O/c22-19-5-2-15(3-6-19)14-24-9-7-20(8-10-24)23-21(25)13-18-12-16-1-4-17(18)11-16/h2-3,5-6,16-18,20H,1,4,7-14H2,(H,23,25)/t16-,17-,18+/m1/s1. The topological polar surface area (TPSA) is 32.3 Å². The fraction of sp³-hybridized carbons (Fsp3) is 0.667. The number of benzene rings is 1. The molecule has 1 N–H and O–H groups in total. The number of carbonyl (C=O) groups excluding carboxylic acids is 1. The van der Waals surface area contributed by atoms with Crippen molar-refractivity contribution < 1.29 is 4.79 Å². The molecule has 0 aromatic heterocycles. The van der Waals surface area contributed by atoms with Crippen molar-refractivity contribution in [1.82, 2.24) is 10.2 Å². The van der Waals surface area contributed by atoms with Gasteiger partial charge in [-0.1, -0.05) is 30.2 Å². The number of likely N-dealkylation sites (tertiary alicyclic amines) is 1. The lowest BCUT2D eigenvalue weighted by atomic mass is 9.86. The first kappa shape index (κ1) is 17.4. The lowest BCUT2D eigenvalue weighted by Crippen LogP contribution is -2.44. The number of nitrogens with zero attached hydrogens (tertiary/aromatic N) is 1. The Morgan fingerprint density at radius 2 is 1.84 bits per heavy atom. The predicted molar refractivity (Wildman–Crippen MR) is 101 cm³/mol. The van der Waals surface area contributed by atoms with E-state index in [-0.39, 0.29) is 0 Å². The molecule has 1 aromatic carbocycles. The first-order valence-corrected chi connectivity index (χ1v) is 10.3. The van der Waals surface area contributed by atoms with Crippen LogP contribution in [0.3, 0.4) is 0 Å². The molecule has 1 aromatic rings. The van der Waals surface area contributed by atoms with Gasteiger partial charge in [0.25, 0.3) is 0 Å². The van der Waals surface area contributed by atoms with E-state index >= 15 is 0 Å². The SMILES string of the molecule is O=C(C[C@@H]1C[C@@H]2CC[C@@H]1C2)NC1CCN(Cc2ccc(Cl)cc2)CC1. The largest absolute Gasteiger partial charge is 0.353 e. The minimum absolute atomic E-state index is 0.300. The van der Waals surface area contributed by atoms with Crippen LogP contribution in [0.5, 0.6) is 0 Å². The number of hydrogen-bond acceptors (Lipinski definition) is 2. The molecule has 1 aliphatic heterocycles. The van der Waals surface area contributed by atoms with E-state index in [4.69, 9.17) is 11.6 Å². The van der Waals surface area contributed by atoms with Crippen molar-refractivity contribution in [2.45, 2.75) is 57.5 Å². The molecule has 3 nitrogen and oxygen atoms in total. The average molecular weight is 361 g/mol. The fourth-order valence-corrected chi connectivity index (χ4v) is 5.36. The Morgan fingerprint density at radius 3 is 2.48 bits per heavy atom. The Balaban J connectivity index is 1.18. The summed E-state index contributed by atoms with van der Waals surface area (Å²) >= 11 is 5.95. The highest BCUT2D eigenvalue weighted by molar-refractivity contribution is 6.30. The summed E-state index contributed by atoms with van der Waals surface area (Å²) in [5, 5.41) is 4.11. The zero-order chi connectivity index (χ0) is 17.2. The highest BCUT2D eigenvalue weighted by Crippen LogP contribution is 2.49. The molecular weight excluding hydrogens is 332 g/mol. The van der Waals surface area contributed by atoms with Crippen molar-refractivity contribution in [2.75, 3.05) is 13.1 Å². The number of nitrogens with one attached hydrogen (secondary N) is 1. The highest BCUT2D eigenvalue weighted by Gasteiger charge is 2.40. The second-order valence-electron chi connectivity index (χ2n) is 8.38. The third-order valence-corrected chi connectivity index (χ3v) is 6.86. The van der Waals surface area contributed by atoms with Crippen molar-refractivity contribution in [3.05, 3.63) is 34.9 Å². The van der Waals surface area contributed by atoms with Crippen LogP contribution in [-0.2, 0) is 11.3 Å². The molecule has 1 amide bonds. The van der Waals surface area contributed by atoms with Crippen LogP contribution in [-0.4, -0.2) is 29.9 Å². The second-order valence-corrected chi connectivity index (χ2v) is 8.82. The average Bonchev–Trinajstić information content (AvgIpc) is 3.21. The van der Waals surface area contributed by atoms with Gasteiger partial charge in [-0.05, 0) is 67.6 Å². The van der Waals surface area contributed by atoms with Crippen molar-refractivity contribution in [1.29, 1.82) is 0 Å². The molecule has 1 saturated heterocycles. The molecule has 0 unspecified atom stereocenters. The summed E-state index contributed by atoms with van der Waals surface area (Å²) in [6, 6.07) is 8.49. The Morgan fingerprint density at radius 1 is 1.08 bits per heavy atom. The summed E-state index contributed by atoms with van der Waals surface area (Å²) in [6.07, 6.45) is 8.37. The molecule has 136 valence electrons. The van der Waals surface area contributed by atoms with Crippen LogP contribution < -0.4 is 5.32 Å². The minimum atomic E-state index is 0.300. The molecule has 3 atom stereocenters. The van der Waals surface area contributed by atoms with E-state index in [1.54, 1.807) is 0 Å². The van der Waals surface area contributed by atoms with Gasteiger partial charge in [-0.3, -0.25) is 9.69 Å². The maximum Gasteiger partial charge on any atom is 0.220 e. The van der Waals surface area contributed by atoms with Gasteiger partial charge in [-0.2, -0.15) is 0 Å². The normalized spacial score (nSPS) is 29.9. The van der Waals surface area contributed by atoms with Crippen LogP contribution >= 0.6 is 11.6 Å². The van der Waals surface area contributed by atoms with E-state index < -0.39 is 0 Å². The number of halogens is 1. The van der Waals surface area contributed by atoms with E-state index in [0.717, 1.165) is 55.8 Å². The molecule has 4 rings (SSSR count). The van der Waals surface area contributed by atoms with Gasteiger partial charge >= 0.3 is 0 Å². The number of amides is 1. The van der Waals surface area contributed by atoms with Gasteiger partial charge in [0.15, 0.2) is 0 Å².